The molecule has 12 nitrogen and oxygen atoms in total. The van der Waals surface area contributed by atoms with Crippen molar-refractivity contribution >= 4 is 28.6 Å². The molecule has 2 saturated heterocycles. The standard InChI is InChI=1S/C27H36N8O4/c1-16-13-20-22(30-25(36)28-20)23(17(16)2)35-8-6-19-21(14-35)29-26(39-15-18-5-4-7-32(18)3)31-24(19)33-9-11-34(12-10-33)27(37)38/h13,18H,4-12,14-15H2,1-3H3,(H,37,38)(H2,28,30,36)/t18-/m0/s1. The Morgan fingerprint density at radius 2 is 1.90 bits per heavy atom. The molecule has 5 heterocycles. The first-order chi connectivity index (χ1) is 18.8. The molecule has 2 aromatic heterocycles. The van der Waals surface area contributed by atoms with Crippen LogP contribution in [0.1, 0.15) is 35.2 Å². The second kappa shape index (κ2) is 10.1. The van der Waals surface area contributed by atoms with Crippen LogP contribution >= 0.6 is 0 Å². The van der Waals surface area contributed by atoms with Crippen molar-refractivity contribution in [3.63, 3.8) is 0 Å². The van der Waals surface area contributed by atoms with Gasteiger partial charge < -0.3 is 39.4 Å². The average molecular weight is 537 g/mol. The van der Waals surface area contributed by atoms with E-state index in [0.717, 1.165) is 77.3 Å². The van der Waals surface area contributed by atoms with E-state index in [1.54, 1.807) is 0 Å². The van der Waals surface area contributed by atoms with Gasteiger partial charge in [-0.1, -0.05) is 0 Å². The molecular formula is C27H36N8O4. The average Bonchev–Trinajstić information content (AvgIpc) is 3.50. The van der Waals surface area contributed by atoms with Crippen LogP contribution in [0.4, 0.5) is 16.3 Å². The fourth-order valence-electron chi connectivity index (χ4n) is 6.16. The highest BCUT2D eigenvalue weighted by Crippen LogP contribution is 2.36. The molecule has 2 fully saturated rings. The molecule has 0 bridgehead atoms. The van der Waals surface area contributed by atoms with Gasteiger partial charge in [-0.25, -0.2) is 9.59 Å². The molecule has 0 aliphatic carbocycles. The van der Waals surface area contributed by atoms with Crippen LogP contribution < -0.4 is 20.2 Å². The summed E-state index contributed by atoms with van der Waals surface area (Å²) in [6, 6.07) is 2.72. The number of ether oxygens (including phenoxy) is 1. The number of aromatic nitrogens is 4. The zero-order valence-corrected chi connectivity index (χ0v) is 22.8. The van der Waals surface area contributed by atoms with E-state index in [2.05, 4.69) is 45.6 Å². The van der Waals surface area contributed by atoms with Crippen LogP contribution in [0.5, 0.6) is 6.01 Å². The maximum Gasteiger partial charge on any atom is 0.407 e. The number of amides is 1. The van der Waals surface area contributed by atoms with Gasteiger partial charge in [0.25, 0.3) is 0 Å². The number of piperazine rings is 1. The van der Waals surface area contributed by atoms with E-state index in [1.807, 2.05) is 6.07 Å². The van der Waals surface area contributed by atoms with Crippen LogP contribution in [-0.4, -0.2) is 99.9 Å². The fraction of sp³-hybridized carbons (Fsp3) is 0.556. The molecular weight excluding hydrogens is 500 g/mol. The second-order valence-electron chi connectivity index (χ2n) is 10.9. The molecule has 0 saturated carbocycles. The van der Waals surface area contributed by atoms with Gasteiger partial charge >= 0.3 is 17.8 Å². The number of benzene rings is 1. The largest absolute Gasteiger partial charge is 0.465 e. The highest BCUT2D eigenvalue weighted by atomic mass is 16.5. The molecule has 1 atom stereocenters. The van der Waals surface area contributed by atoms with E-state index in [0.29, 0.717) is 51.4 Å². The summed E-state index contributed by atoms with van der Waals surface area (Å²) in [5, 5.41) is 9.41. The number of hydrogen-bond donors (Lipinski definition) is 3. The minimum Gasteiger partial charge on any atom is -0.465 e. The van der Waals surface area contributed by atoms with Gasteiger partial charge in [0, 0.05) is 44.3 Å². The zero-order chi connectivity index (χ0) is 27.3. The molecule has 0 radical (unpaired) electrons. The maximum absolute atomic E-state index is 12.2. The smallest absolute Gasteiger partial charge is 0.407 e. The molecule has 0 unspecified atom stereocenters. The Morgan fingerprint density at radius 3 is 2.62 bits per heavy atom. The third kappa shape index (κ3) is 4.77. The lowest BCUT2D eigenvalue weighted by atomic mass is 10.0. The number of anilines is 2. The number of carbonyl (C=O) groups is 1. The van der Waals surface area contributed by atoms with Crippen molar-refractivity contribution in [3.05, 3.63) is 38.9 Å². The summed E-state index contributed by atoms with van der Waals surface area (Å²) in [6.07, 6.45) is 2.10. The molecule has 208 valence electrons. The van der Waals surface area contributed by atoms with Gasteiger partial charge in [-0.05, 0) is 63.9 Å². The Labute approximate surface area is 226 Å². The first-order valence-electron chi connectivity index (χ1n) is 13.7. The highest BCUT2D eigenvalue weighted by molar-refractivity contribution is 5.91. The Balaban J connectivity index is 1.34. The second-order valence-corrected chi connectivity index (χ2v) is 10.9. The summed E-state index contributed by atoms with van der Waals surface area (Å²) in [4.78, 5) is 47.5. The Hall–Kier alpha value is -3.80. The predicted molar refractivity (Wildman–Crippen MR) is 148 cm³/mol. The first-order valence-corrected chi connectivity index (χ1v) is 13.7. The highest BCUT2D eigenvalue weighted by Gasteiger charge is 2.30. The lowest BCUT2D eigenvalue weighted by molar-refractivity contribution is 0.142. The molecule has 0 spiro atoms. The molecule has 6 rings (SSSR count). The van der Waals surface area contributed by atoms with Crippen molar-refractivity contribution in [2.45, 2.75) is 45.7 Å². The third-order valence-electron chi connectivity index (χ3n) is 8.57. The van der Waals surface area contributed by atoms with Crippen molar-refractivity contribution in [2.75, 3.05) is 62.7 Å². The normalized spacial score (nSPS) is 20.1. The molecule has 1 amide bonds. The number of nitrogens with one attached hydrogen (secondary N) is 2. The predicted octanol–water partition coefficient (Wildman–Crippen LogP) is 2.10. The van der Waals surface area contributed by atoms with Gasteiger partial charge in [-0.15, -0.1) is 0 Å². The number of likely N-dealkylation sites (tertiary alicyclic amines) is 1. The fourth-order valence-corrected chi connectivity index (χ4v) is 6.16. The zero-order valence-electron chi connectivity index (χ0n) is 22.8. The van der Waals surface area contributed by atoms with Crippen molar-refractivity contribution in [1.29, 1.82) is 0 Å². The number of aromatic amines is 2. The number of hydrogen-bond acceptors (Lipinski definition) is 8. The van der Waals surface area contributed by atoms with Crippen molar-refractivity contribution in [1.82, 2.24) is 29.7 Å². The van der Waals surface area contributed by atoms with Gasteiger partial charge in [0.1, 0.15) is 12.4 Å². The number of H-pyrrole nitrogens is 2. The van der Waals surface area contributed by atoms with E-state index in [4.69, 9.17) is 14.7 Å². The van der Waals surface area contributed by atoms with E-state index in [9.17, 15) is 14.7 Å². The number of fused-ring (bicyclic) bond motifs is 2. The Morgan fingerprint density at radius 1 is 1.10 bits per heavy atom. The van der Waals surface area contributed by atoms with E-state index in [1.165, 1.54) is 4.90 Å². The summed E-state index contributed by atoms with van der Waals surface area (Å²) in [7, 11) is 2.12. The van der Waals surface area contributed by atoms with Gasteiger partial charge in [0.2, 0.25) is 0 Å². The van der Waals surface area contributed by atoms with Crippen LogP contribution in [0.15, 0.2) is 10.9 Å². The SMILES string of the molecule is Cc1cc2[nH]c(=O)[nH]c2c(N2CCc3c(nc(OC[C@@H]4CCCN4C)nc3N3CCN(C(=O)O)CC3)C2)c1C. The van der Waals surface area contributed by atoms with Crippen LogP contribution in [0.3, 0.4) is 0 Å². The van der Waals surface area contributed by atoms with E-state index in [-0.39, 0.29) is 5.69 Å². The molecule has 12 heteroatoms. The van der Waals surface area contributed by atoms with Gasteiger partial charge in [-0.3, -0.25) is 0 Å². The maximum atomic E-state index is 12.2. The number of rotatable bonds is 5. The molecule has 3 aliphatic rings. The number of likely N-dealkylation sites (N-methyl/N-ethyl adjacent to an activating group) is 1. The lowest BCUT2D eigenvalue weighted by Gasteiger charge is -2.37. The minimum atomic E-state index is -0.887. The number of aryl methyl sites for hydroxylation is 1. The number of nitrogens with zero attached hydrogens (tertiary/aromatic N) is 6. The van der Waals surface area contributed by atoms with Gasteiger partial charge in [0.15, 0.2) is 0 Å². The van der Waals surface area contributed by atoms with Crippen molar-refractivity contribution in [2.24, 2.45) is 0 Å². The first kappa shape index (κ1) is 25.5. The van der Waals surface area contributed by atoms with E-state index < -0.39 is 6.09 Å². The van der Waals surface area contributed by atoms with E-state index >= 15 is 0 Å². The third-order valence-corrected chi connectivity index (χ3v) is 8.57. The van der Waals surface area contributed by atoms with Crippen molar-refractivity contribution < 1.29 is 14.6 Å². The number of imidazole rings is 1. The molecule has 3 N–H and O–H groups in total. The molecule has 3 aliphatic heterocycles. The topological polar surface area (TPSA) is 134 Å². The monoisotopic (exact) mass is 536 g/mol. The molecule has 39 heavy (non-hydrogen) atoms. The summed E-state index contributed by atoms with van der Waals surface area (Å²) in [5.41, 5.74) is 6.65. The lowest BCUT2D eigenvalue weighted by Crippen LogP contribution is -2.49. The Kier molecular flexibility index (Phi) is 6.57. The van der Waals surface area contributed by atoms with Crippen molar-refractivity contribution in [3.8, 4) is 6.01 Å². The summed E-state index contributed by atoms with van der Waals surface area (Å²) < 4.78 is 6.21. The molecule has 3 aromatic rings. The van der Waals surface area contributed by atoms with Crippen LogP contribution in [0.25, 0.3) is 11.0 Å². The Bertz CT molecular complexity index is 1460. The minimum absolute atomic E-state index is 0.216. The molecule has 1 aromatic carbocycles. The van der Waals surface area contributed by atoms with Crippen LogP contribution in [-0.2, 0) is 13.0 Å². The van der Waals surface area contributed by atoms with Crippen LogP contribution in [0, 0.1) is 13.8 Å². The summed E-state index contributed by atoms with van der Waals surface area (Å²) in [6.45, 7) is 9.08. The number of carboxylic acid groups (broad SMARTS) is 1. The quantitative estimate of drug-likeness (QED) is 0.448. The van der Waals surface area contributed by atoms with Crippen LogP contribution in [0.2, 0.25) is 0 Å². The summed E-state index contributed by atoms with van der Waals surface area (Å²) >= 11 is 0. The van der Waals surface area contributed by atoms with Gasteiger partial charge in [0.05, 0.1) is 29.0 Å². The summed E-state index contributed by atoms with van der Waals surface area (Å²) in [5.74, 6) is 0.848. The van der Waals surface area contributed by atoms with Gasteiger partial charge in [-0.2, -0.15) is 9.97 Å².